The fraction of sp³-hybridized carbons (Fsp3) is 0.529. The van der Waals surface area contributed by atoms with Crippen molar-refractivity contribution in [2.75, 3.05) is 0 Å². The molecular weight excluding hydrogens is 332 g/mol. The number of nitrogens with two attached hydrogens (primary N) is 1. The highest BCUT2D eigenvalue weighted by atomic mass is 19.4. The summed E-state index contributed by atoms with van der Waals surface area (Å²) >= 11 is 0. The quantitative estimate of drug-likeness (QED) is 0.674. The van der Waals surface area contributed by atoms with Gasteiger partial charge in [-0.3, -0.25) is 0 Å². The highest BCUT2D eigenvalue weighted by Crippen LogP contribution is 2.59. The Bertz CT molecular complexity index is 577. The molecule has 2 aliphatic rings. The van der Waals surface area contributed by atoms with Gasteiger partial charge in [0.1, 0.15) is 0 Å². The smallest absolute Gasteiger partial charge is 0.399 e. The van der Waals surface area contributed by atoms with Gasteiger partial charge >= 0.3 is 12.4 Å². The average Bonchev–Trinajstić information content (AvgIpc) is 2.44. The molecular formula is C17H19F6N. The van der Waals surface area contributed by atoms with Crippen LogP contribution in [0.3, 0.4) is 0 Å². The van der Waals surface area contributed by atoms with Crippen molar-refractivity contribution in [3.05, 3.63) is 47.7 Å². The van der Waals surface area contributed by atoms with E-state index in [-0.39, 0.29) is 12.3 Å². The molecule has 7 heteroatoms. The molecule has 0 fully saturated rings. The third-order valence-electron chi connectivity index (χ3n) is 4.52. The predicted molar refractivity (Wildman–Crippen MR) is 79.7 cm³/mol. The minimum absolute atomic E-state index is 0.0583. The zero-order chi connectivity index (χ0) is 18.2. The van der Waals surface area contributed by atoms with Crippen LogP contribution in [0.25, 0.3) is 0 Å². The molecule has 0 aromatic rings. The van der Waals surface area contributed by atoms with Crippen LogP contribution in [-0.2, 0) is 0 Å². The lowest BCUT2D eigenvalue weighted by molar-refractivity contribution is -0.328. The zero-order valence-electron chi connectivity index (χ0n) is 13.1. The molecule has 2 rings (SSSR count). The first-order valence-electron chi connectivity index (χ1n) is 7.63. The number of rotatable bonds is 3. The second-order valence-corrected chi connectivity index (χ2v) is 6.40. The fourth-order valence-electron chi connectivity index (χ4n) is 3.19. The molecule has 0 aromatic carbocycles. The first-order chi connectivity index (χ1) is 11.0. The summed E-state index contributed by atoms with van der Waals surface area (Å²) < 4.78 is 82.5. The summed E-state index contributed by atoms with van der Waals surface area (Å²) in [7, 11) is 0. The molecule has 2 atom stereocenters. The average molecular weight is 351 g/mol. The third-order valence-corrected chi connectivity index (χ3v) is 4.52. The second kappa shape index (κ2) is 6.33. The molecule has 2 N–H and O–H groups in total. The number of hydrogen-bond acceptors (Lipinski definition) is 1. The Kier molecular flexibility index (Phi) is 4.93. The van der Waals surface area contributed by atoms with Crippen molar-refractivity contribution >= 4 is 0 Å². The maximum atomic E-state index is 13.8. The first-order valence-corrected chi connectivity index (χ1v) is 7.63. The largest absolute Gasteiger partial charge is 0.407 e. The number of allylic oxidation sites excluding steroid dienone is 7. The maximum Gasteiger partial charge on any atom is 0.407 e. The van der Waals surface area contributed by atoms with E-state index in [1.807, 2.05) is 0 Å². The lowest BCUT2D eigenvalue weighted by atomic mass is 9.68. The highest BCUT2D eigenvalue weighted by molar-refractivity contribution is 5.35. The Morgan fingerprint density at radius 2 is 1.67 bits per heavy atom. The van der Waals surface area contributed by atoms with Gasteiger partial charge in [0, 0.05) is 5.70 Å². The van der Waals surface area contributed by atoms with E-state index in [0.717, 1.165) is 12.2 Å². The van der Waals surface area contributed by atoms with E-state index in [2.05, 4.69) is 0 Å². The topological polar surface area (TPSA) is 26.0 Å². The van der Waals surface area contributed by atoms with Gasteiger partial charge in [0.2, 0.25) is 0 Å². The molecule has 0 radical (unpaired) electrons. The molecule has 2 aliphatic carbocycles. The van der Waals surface area contributed by atoms with Crippen LogP contribution in [0.15, 0.2) is 47.7 Å². The van der Waals surface area contributed by atoms with Crippen molar-refractivity contribution in [2.45, 2.75) is 38.5 Å². The van der Waals surface area contributed by atoms with E-state index in [0.29, 0.717) is 12.1 Å². The molecule has 0 bridgehead atoms. The molecule has 0 aliphatic heterocycles. The van der Waals surface area contributed by atoms with Crippen LogP contribution in [0.2, 0.25) is 0 Å². The minimum atomic E-state index is -5.45. The third kappa shape index (κ3) is 3.39. The summed E-state index contributed by atoms with van der Waals surface area (Å²) in [6.45, 7) is 1.60. The van der Waals surface area contributed by atoms with Crippen LogP contribution < -0.4 is 5.73 Å². The van der Waals surface area contributed by atoms with Gasteiger partial charge in [0.25, 0.3) is 0 Å². The predicted octanol–water partition coefficient (Wildman–Crippen LogP) is 5.43. The van der Waals surface area contributed by atoms with Crippen LogP contribution in [0.5, 0.6) is 0 Å². The summed E-state index contributed by atoms with van der Waals surface area (Å²) in [5, 5.41) is 0. The lowest BCUT2D eigenvalue weighted by Gasteiger charge is -2.41. The lowest BCUT2D eigenvalue weighted by Crippen LogP contribution is -2.52. The van der Waals surface area contributed by atoms with Gasteiger partial charge in [-0.25, -0.2) is 0 Å². The van der Waals surface area contributed by atoms with Crippen LogP contribution in [0.4, 0.5) is 26.3 Å². The van der Waals surface area contributed by atoms with E-state index in [9.17, 15) is 26.3 Å². The number of hydrogen-bond donors (Lipinski definition) is 1. The molecule has 24 heavy (non-hydrogen) atoms. The molecule has 0 aromatic heterocycles. The summed E-state index contributed by atoms with van der Waals surface area (Å²) in [5.74, 6) is -1.25. The van der Waals surface area contributed by atoms with Crippen molar-refractivity contribution in [1.29, 1.82) is 0 Å². The van der Waals surface area contributed by atoms with Crippen molar-refractivity contribution in [3.63, 3.8) is 0 Å². The van der Waals surface area contributed by atoms with Crippen molar-refractivity contribution in [1.82, 2.24) is 0 Å². The Balaban J connectivity index is 2.52. The van der Waals surface area contributed by atoms with Crippen molar-refractivity contribution in [2.24, 2.45) is 23.0 Å². The van der Waals surface area contributed by atoms with E-state index in [1.54, 1.807) is 6.92 Å². The van der Waals surface area contributed by atoms with Gasteiger partial charge in [0.05, 0.1) is 0 Å². The first kappa shape index (κ1) is 18.7. The number of alkyl halides is 6. The normalized spacial score (nSPS) is 25.5. The van der Waals surface area contributed by atoms with E-state index >= 15 is 0 Å². The molecule has 0 heterocycles. The number of halogens is 6. The second-order valence-electron chi connectivity index (χ2n) is 6.40. The van der Waals surface area contributed by atoms with E-state index < -0.39 is 35.7 Å². The molecule has 0 amide bonds. The molecule has 0 saturated carbocycles. The monoisotopic (exact) mass is 351 g/mol. The standard InChI is InChI=1S/C17H19F6N/c1-11-3-2-4-13(9-11)15(16(18,19)20,17(21,22)23)10-12-5-7-14(24)8-6-12/h2,4-5,7-9,11-12H,3,6,10,24H2,1H3. The Morgan fingerprint density at radius 1 is 1.04 bits per heavy atom. The summed E-state index contributed by atoms with van der Waals surface area (Å²) in [4.78, 5) is 0. The Labute approximate surface area is 136 Å². The van der Waals surface area contributed by atoms with Gasteiger partial charge in [-0.2, -0.15) is 26.3 Å². The van der Waals surface area contributed by atoms with Gasteiger partial charge in [-0.1, -0.05) is 37.3 Å². The molecule has 0 spiro atoms. The van der Waals surface area contributed by atoms with Gasteiger partial charge in [-0.05, 0) is 42.7 Å². The SMILES string of the molecule is CC1C=C(C(CC2C=CC(N)=CC2)(C(F)(F)F)C(F)(F)F)C=CC1. The van der Waals surface area contributed by atoms with Crippen molar-refractivity contribution in [3.8, 4) is 0 Å². The van der Waals surface area contributed by atoms with Gasteiger partial charge in [0.15, 0.2) is 5.41 Å². The molecule has 134 valence electrons. The van der Waals surface area contributed by atoms with Crippen molar-refractivity contribution < 1.29 is 26.3 Å². The molecule has 2 unspecified atom stereocenters. The molecule has 1 nitrogen and oxygen atoms in total. The maximum absolute atomic E-state index is 13.8. The van der Waals surface area contributed by atoms with E-state index in [4.69, 9.17) is 5.73 Å². The van der Waals surface area contributed by atoms with E-state index in [1.165, 1.54) is 24.3 Å². The van der Waals surface area contributed by atoms with Crippen LogP contribution >= 0.6 is 0 Å². The van der Waals surface area contributed by atoms with Gasteiger partial charge in [-0.15, -0.1) is 0 Å². The molecule has 0 saturated heterocycles. The summed E-state index contributed by atoms with van der Waals surface area (Å²) in [6, 6.07) is 0. The summed E-state index contributed by atoms with van der Waals surface area (Å²) in [5.41, 5.74) is 1.26. The van der Waals surface area contributed by atoms with Crippen LogP contribution in [0, 0.1) is 17.3 Å². The highest BCUT2D eigenvalue weighted by Gasteiger charge is 2.72. The zero-order valence-corrected chi connectivity index (χ0v) is 13.1. The fourth-order valence-corrected chi connectivity index (χ4v) is 3.19. The summed E-state index contributed by atoms with van der Waals surface area (Å²) in [6.07, 6.45) is -3.90. The Morgan fingerprint density at radius 3 is 2.12 bits per heavy atom. The minimum Gasteiger partial charge on any atom is -0.399 e. The van der Waals surface area contributed by atoms with Crippen LogP contribution in [-0.4, -0.2) is 12.4 Å². The van der Waals surface area contributed by atoms with Crippen LogP contribution in [0.1, 0.15) is 26.2 Å². The van der Waals surface area contributed by atoms with Gasteiger partial charge < -0.3 is 5.73 Å². The Hall–Kier alpha value is -1.66.